The summed E-state index contributed by atoms with van der Waals surface area (Å²) in [6.45, 7) is 6.30. The molecule has 2 N–H and O–H groups in total. The number of aryl methyl sites for hydroxylation is 1. The summed E-state index contributed by atoms with van der Waals surface area (Å²) in [5.41, 5.74) is 2.37. The number of rotatable bonds is 10. The highest BCUT2D eigenvalue weighted by Gasteiger charge is 2.08. The molecule has 0 atom stereocenters. The predicted molar refractivity (Wildman–Crippen MR) is 84.5 cm³/mol. The maximum absolute atomic E-state index is 11.8. The average molecular weight is 298 g/mol. The van der Waals surface area contributed by atoms with E-state index >= 15 is 0 Å². The molecule has 0 spiro atoms. The van der Waals surface area contributed by atoms with E-state index in [1.807, 2.05) is 25.1 Å². The van der Waals surface area contributed by atoms with Crippen LogP contribution in [0.2, 0.25) is 0 Å². The summed E-state index contributed by atoms with van der Waals surface area (Å²) in [6.07, 6.45) is 2.45. The molecule has 1 aromatic rings. The van der Waals surface area contributed by atoms with Crippen molar-refractivity contribution in [1.29, 1.82) is 0 Å². The van der Waals surface area contributed by atoms with Crippen molar-refractivity contribution in [2.75, 3.05) is 25.4 Å². The van der Waals surface area contributed by atoms with Gasteiger partial charge in [0.2, 0.25) is 10.0 Å². The Balaban J connectivity index is 2.22. The van der Waals surface area contributed by atoms with Gasteiger partial charge in [0.15, 0.2) is 0 Å². The van der Waals surface area contributed by atoms with Gasteiger partial charge in [0, 0.05) is 6.54 Å². The second-order valence-electron chi connectivity index (χ2n) is 5.06. The molecule has 0 aliphatic carbocycles. The largest absolute Gasteiger partial charge is 0.317 e. The molecule has 0 heterocycles. The van der Waals surface area contributed by atoms with Gasteiger partial charge in [-0.15, -0.1) is 0 Å². The molecule has 0 saturated heterocycles. The van der Waals surface area contributed by atoms with Gasteiger partial charge in [-0.05, 0) is 44.8 Å². The fourth-order valence-electron chi connectivity index (χ4n) is 1.98. The van der Waals surface area contributed by atoms with E-state index in [1.165, 1.54) is 5.56 Å². The molecule has 20 heavy (non-hydrogen) atoms. The van der Waals surface area contributed by atoms with Crippen molar-refractivity contribution in [2.24, 2.45) is 0 Å². The maximum Gasteiger partial charge on any atom is 0.211 e. The van der Waals surface area contributed by atoms with E-state index in [9.17, 15) is 8.42 Å². The minimum absolute atomic E-state index is 0.192. The van der Waals surface area contributed by atoms with Crippen molar-refractivity contribution in [3.63, 3.8) is 0 Å². The predicted octanol–water partition coefficient (Wildman–Crippen LogP) is 1.85. The molecule has 0 bridgehead atoms. The summed E-state index contributed by atoms with van der Waals surface area (Å²) < 4.78 is 26.2. The van der Waals surface area contributed by atoms with Crippen LogP contribution in [-0.2, 0) is 16.4 Å². The standard InChI is InChI=1S/C15H26N2O2S/c1-3-9-16-10-5-12-20(18,19)17-11-8-15-7-4-6-14(2)13-15/h4,6-7,13,16-17H,3,5,8-12H2,1-2H3. The van der Waals surface area contributed by atoms with E-state index < -0.39 is 10.0 Å². The summed E-state index contributed by atoms with van der Waals surface area (Å²) in [4.78, 5) is 0. The Labute approximate surface area is 123 Å². The highest BCUT2D eigenvalue weighted by molar-refractivity contribution is 7.89. The van der Waals surface area contributed by atoms with Crippen LogP contribution in [0.1, 0.15) is 30.9 Å². The van der Waals surface area contributed by atoms with Gasteiger partial charge in [-0.2, -0.15) is 0 Å². The molecule has 0 aliphatic heterocycles. The van der Waals surface area contributed by atoms with Crippen LogP contribution in [0.15, 0.2) is 24.3 Å². The Morgan fingerprint density at radius 1 is 1.15 bits per heavy atom. The van der Waals surface area contributed by atoms with Crippen LogP contribution in [0.3, 0.4) is 0 Å². The van der Waals surface area contributed by atoms with Crippen LogP contribution in [0.25, 0.3) is 0 Å². The van der Waals surface area contributed by atoms with E-state index in [2.05, 4.69) is 23.0 Å². The molecule has 0 aromatic heterocycles. The molecule has 114 valence electrons. The third-order valence-corrected chi connectivity index (χ3v) is 4.48. The van der Waals surface area contributed by atoms with Crippen LogP contribution in [0.4, 0.5) is 0 Å². The second-order valence-corrected chi connectivity index (χ2v) is 6.98. The van der Waals surface area contributed by atoms with Crippen molar-refractivity contribution in [3.8, 4) is 0 Å². The van der Waals surface area contributed by atoms with Gasteiger partial charge in [-0.1, -0.05) is 36.8 Å². The third kappa shape index (κ3) is 7.62. The maximum atomic E-state index is 11.8. The number of hydrogen-bond acceptors (Lipinski definition) is 3. The first-order chi connectivity index (χ1) is 9.53. The SMILES string of the molecule is CCCNCCCS(=O)(=O)NCCc1cccc(C)c1. The minimum Gasteiger partial charge on any atom is -0.317 e. The summed E-state index contributed by atoms with van der Waals surface area (Å²) in [7, 11) is -3.14. The van der Waals surface area contributed by atoms with Gasteiger partial charge >= 0.3 is 0 Å². The van der Waals surface area contributed by atoms with Crippen molar-refractivity contribution in [1.82, 2.24) is 10.0 Å². The Bertz CT molecular complexity index is 486. The number of nitrogens with one attached hydrogen (secondary N) is 2. The van der Waals surface area contributed by atoms with Crippen LogP contribution >= 0.6 is 0 Å². The topological polar surface area (TPSA) is 58.2 Å². The van der Waals surface area contributed by atoms with E-state index in [0.717, 1.165) is 31.5 Å². The Kier molecular flexibility index (Phi) is 7.80. The molecular weight excluding hydrogens is 272 g/mol. The van der Waals surface area contributed by atoms with Crippen LogP contribution in [0, 0.1) is 6.92 Å². The number of hydrogen-bond donors (Lipinski definition) is 2. The van der Waals surface area contributed by atoms with Gasteiger partial charge in [0.05, 0.1) is 5.75 Å². The first-order valence-electron chi connectivity index (χ1n) is 7.27. The first-order valence-corrected chi connectivity index (χ1v) is 8.92. The fraction of sp³-hybridized carbons (Fsp3) is 0.600. The Morgan fingerprint density at radius 3 is 2.65 bits per heavy atom. The third-order valence-electron chi connectivity index (χ3n) is 3.01. The Hall–Kier alpha value is -0.910. The lowest BCUT2D eigenvalue weighted by Gasteiger charge is -2.07. The number of benzene rings is 1. The molecule has 0 fully saturated rings. The summed E-state index contributed by atoms with van der Waals surface area (Å²) >= 11 is 0. The molecule has 0 unspecified atom stereocenters. The lowest BCUT2D eigenvalue weighted by molar-refractivity contribution is 0.574. The number of sulfonamides is 1. The zero-order valence-electron chi connectivity index (χ0n) is 12.5. The highest BCUT2D eigenvalue weighted by atomic mass is 32.2. The normalized spacial score (nSPS) is 11.7. The molecule has 0 aliphatic rings. The Morgan fingerprint density at radius 2 is 1.95 bits per heavy atom. The first kappa shape index (κ1) is 17.1. The molecule has 1 rings (SSSR count). The molecular formula is C15H26N2O2S. The highest BCUT2D eigenvalue weighted by Crippen LogP contribution is 2.04. The van der Waals surface area contributed by atoms with E-state index in [4.69, 9.17) is 0 Å². The van der Waals surface area contributed by atoms with Crippen molar-refractivity contribution < 1.29 is 8.42 Å². The van der Waals surface area contributed by atoms with Crippen molar-refractivity contribution >= 4 is 10.0 Å². The van der Waals surface area contributed by atoms with Gasteiger partial charge in [0.1, 0.15) is 0 Å². The van der Waals surface area contributed by atoms with Crippen molar-refractivity contribution in [2.45, 2.75) is 33.1 Å². The van der Waals surface area contributed by atoms with E-state index in [0.29, 0.717) is 13.0 Å². The van der Waals surface area contributed by atoms with E-state index in [1.54, 1.807) is 0 Å². The van der Waals surface area contributed by atoms with Crippen molar-refractivity contribution in [3.05, 3.63) is 35.4 Å². The smallest absolute Gasteiger partial charge is 0.211 e. The average Bonchev–Trinajstić information content (AvgIpc) is 2.38. The van der Waals surface area contributed by atoms with Gasteiger partial charge in [-0.25, -0.2) is 13.1 Å². The lowest BCUT2D eigenvalue weighted by Crippen LogP contribution is -2.30. The molecule has 0 amide bonds. The minimum atomic E-state index is -3.14. The summed E-state index contributed by atoms with van der Waals surface area (Å²) in [5, 5.41) is 3.20. The van der Waals surface area contributed by atoms with Crippen LogP contribution < -0.4 is 10.0 Å². The lowest BCUT2D eigenvalue weighted by atomic mass is 10.1. The molecule has 4 nitrogen and oxygen atoms in total. The second kappa shape index (κ2) is 9.10. The quantitative estimate of drug-likeness (QED) is 0.648. The fourth-order valence-corrected chi connectivity index (χ4v) is 3.06. The summed E-state index contributed by atoms with van der Waals surface area (Å²) in [6, 6.07) is 8.15. The van der Waals surface area contributed by atoms with E-state index in [-0.39, 0.29) is 5.75 Å². The van der Waals surface area contributed by atoms with Gasteiger partial charge < -0.3 is 5.32 Å². The van der Waals surface area contributed by atoms with Gasteiger partial charge in [0.25, 0.3) is 0 Å². The summed E-state index contributed by atoms with van der Waals surface area (Å²) in [5.74, 6) is 0.192. The molecule has 1 aromatic carbocycles. The zero-order chi connectivity index (χ0) is 14.8. The molecule has 5 heteroatoms. The van der Waals surface area contributed by atoms with Gasteiger partial charge in [-0.3, -0.25) is 0 Å². The monoisotopic (exact) mass is 298 g/mol. The van der Waals surface area contributed by atoms with Crippen LogP contribution in [0.5, 0.6) is 0 Å². The zero-order valence-corrected chi connectivity index (χ0v) is 13.3. The van der Waals surface area contributed by atoms with Crippen LogP contribution in [-0.4, -0.2) is 33.8 Å². The molecule has 0 radical (unpaired) electrons. The molecule has 0 saturated carbocycles.